The third-order valence-corrected chi connectivity index (χ3v) is 7.70. The van der Waals surface area contributed by atoms with Crippen LogP contribution in [0.2, 0.25) is 9.36 Å². The molecule has 6 heteroatoms. The summed E-state index contributed by atoms with van der Waals surface area (Å²) in [6.45, 7) is 6.97. The van der Waals surface area contributed by atoms with Gasteiger partial charge in [0.05, 0.1) is 9.90 Å². The fraction of sp³-hybridized carbons (Fsp3) is 0.783. The maximum Gasteiger partial charge on any atom is 0.264 e. The van der Waals surface area contributed by atoms with Gasteiger partial charge in [0.15, 0.2) is 0 Å². The number of carbonyl (C=O) groups is 1. The van der Waals surface area contributed by atoms with Gasteiger partial charge < -0.3 is 4.90 Å². The van der Waals surface area contributed by atoms with E-state index in [1.54, 1.807) is 6.07 Å². The monoisotopic (exact) mass is 460 g/mol. The number of carbonyl (C=O) groups excluding carboxylic acids is 1. The van der Waals surface area contributed by atoms with Crippen LogP contribution >= 0.6 is 34.5 Å². The first-order valence-electron chi connectivity index (χ1n) is 11.6. The number of rotatable bonds is 14. The SMILES string of the molecule is CCCCCCCCCCCCCCN1CCN(C(=O)c2cc(Cl)c(Cl)s2)CC1. The summed E-state index contributed by atoms with van der Waals surface area (Å²) >= 11 is 13.2. The van der Waals surface area contributed by atoms with Gasteiger partial charge in [-0.05, 0) is 19.0 Å². The van der Waals surface area contributed by atoms with Gasteiger partial charge >= 0.3 is 0 Å². The molecule has 3 nitrogen and oxygen atoms in total. The third-order valence-electron chi connectivity index (χ3n) is 5.84. The Bertz CT molecular complexity index is 566. The van der Waals surface area contributed by atoms with Gasteiger partial charge in [0.2, 0.25) is 0 Å². The molecular weight excluding hydrogens is 423 g/mol. The second-order valence-electron chi connectivity index (χ2n) is 8.26. The van der Waals surface area contributed by atoms with E-state index >= 15 is 0 Å². The van der Waals surface area contributed by atoms with Crippen molar-refractivity contribution in [2.24, 2.45) is 0 Å². The van der Waals surface area contributed by atoms with Gasteiger partial charge in [-0.15, -0.1) is 11.3 Å². The van der Waals surface area contributed by atoms with Crippen molar-refractivity contribution in [1.29, 1.82) is 0 Å². The molecule has 1 aliphatic heterocycles. The minimum absolute atomic E-state index is 0.0637. The van der Waals surface area contributed by atoms with Crippen LogP contribution in [0.5, 0.6) is 0 Å². The predicted octanol–water partition coefficient (Wildman–Crippen LogP) is 7.51. The molecule has 0 unspecified atom stereocenters. The maximum atomic E-state index is 12.5. The molecule has 0 aliphatic carbocycles. The molecule has 0 atom stereocenters. The quantitative estimate of drug-likeness (QED) is 0.268. The second-order valence-corrected chi connectivity index (χ2v) is 10.3. The van der Waals surface area contributed by atoms with Crippen LogP contribution in [0.3, 0.4) is 0 Å². The first kappa shape index (κ1) is 25.0. The molecule has 166 valence electrons. The zero-order chi connectivity index (χ0) is 20.9. The molecule has 0 bridgehead atoms. The van der Waals surface area contributed by atoms with Crippen molar-refractivity contribution < 1.29 is 4.79 Å². The lowest BCUT2D eigenvalue weighted by Gasteiger charge is -2.34. The molecule has 1 saturated heterocycles. The molecule has 29 heavy (non-hydrogen) atoms. The van der Waals surface area contributed by atoms with Crippen molar-refractivity contribution in [1.82, 2.24) is 9.80 Å². The van der Waals surface area contributed by atoms with Gasteiger partial charge in [-0.3, -0.25) is 9.69 Å². The number of halogens is 2. The highest BCUT2D eigenvalue weighted by Crippen LogP contribution is 2.32. The van der Waals surface area contributed by atoms with E-state index in [9.17, 15) is 4.79 Å². The summed E-state index contributed by atoms with van der Waals surface area (Å²) in [5.41, 5.74) is 0. The van der Waals surface area contributed by atoms with Crippen molar-refractivity contribution in [3.8, 4) is 0 Å². The first-order chi connectivity index (χ1) is 14.1. The summed E-state index contributed by atoms with van der Waals surface area (Å²) in [7, 11) is 0. The van der Waals surface area contributed by atoms with Crippen molar-refractivity contribution in [3.05, 3.63) is 20.3 Å². The molecule has 2 rings (SSSR count). The van der Waals surface area contributed by atoms with Gasteiger partial charge in [-0.2, -0.15) is 0 Å². The van der Waals surface area contributed by atoms with E-state index in [1.165, 1.54) is 88.4 Å². The van der Waals surface area contributed by atoms with Gasteiger partial charge in [-0.1, -0.05) is 101 Å². The molecule has 1 aromatic heterocycles. The Kier molecular flexibility index (Phi) is 12.6. The fourth-order valence-corrected chi connectivity index (χ4v) is 5.29. The van der Waals surface area contributed by atoms with Gasteiger partial charge in [0, 0.05) is 26.2 Å². The van der Waals surface area contributed by atoms with Crippen LogP contribution in [0.1, 0.15) is 93.6 Å². The zero-order valence-corrected chi connectivity index (χ0v) is 20.4. The molecule has 0 spiro atoms. The number of nitrogens with zero attached hydrogens (tertiary/aromatic N) is 2. The van der Waals surface area contributed by atoms with E-state index in [0.717, 1.165) is 32.7 Å². The van der Waals surface area contributed by atoms with Crippen LogP contribution in [0, 0.1) is 0 Å². The van der Waals surface area contributed by atoms with Gasteiger partial charge in [-0.25, -0.2) is 0 Å². The molecule has 0 radical (unpaired) electrons. The summed E-state index contributed by atoms with van der Waals surface area (Å²) in [5.74, 6) is 0.0637. The number of amides is 1. The molecule has 1 fully saturated rings. The second kappa shape index (κ2) is 14.7. The normalized spacial score (nSPS) is 15.2. The summed E-state index contributed by atoms with van der Waals surface area (Å²) in [4.78, 5) is 17.6. The Morgan fingerprint density at radius 3 is 1.86 bits per heavy atom. The highest BCUT2D eigenvalue weighted by atomic mass is 35.5. The lowest BCUT2D eigenvalue weighted by atomic mass is 10.1. The molecule has 1 amide bonds. The Morgan fingerprint density at radius 1 is 0.862 bits per heavy atom. The average molecular weight is 462 g/mol. The minimum atomic E-state index is 0.0637. The Morgan fingerprint density at radius 2 is 1.38 bits per heavy atom. The lowest BCUT2D eigenvalue weighted by molar-refractivity contribution is 0.0640. The Labute approximate surface area is 191 Å². The van der Waals surface area contributed by atoms with E-state index in [4.69, 9.17) is 23.2 Å². The first-order valence-corrected chi connectivity index (χ1v) is 13.2. The molecule has 2 heterocycles. The van der Waals surface area contributed by atoms with Gasteiger partial charge in [0.1, 0.15) is 4.34 Å². The fourth-order valence-electron chi connectivity index (χ4n) is 3.96. The maximum absolute atomic E-state index is 12.5. The number of hydrogen-bond acceptors (Lipinski definition) is 3. The average Bonchev–Trinajstić information content (AvgIpc) is 3.07. The van der Waals surface area contributed by atoms with E-state index < -0.39 is 0 Å². The van der Waals surface area contributed by atoms with Crippen LogP contribution in [0.4, 0.5) is 0 Å². The van der Waals surface area contributed by atoms with E-state index in [2.05, 4.69) is 11.8 Å². The lowest BCUT2D eigenvalue weighted by Crippen LogP contribution is -2.48. The number of unbranched alkanes of at least 4 members (excludes halogenated alkanes) is 11. The minimum Gasteiger partial charge on any atom is -0.335 e. The summed E-state index contributed by atoms with van der Waals surface area (Å²) in [5, 5.41) is 0.477. The highest BCUT2D eigenvalue weighted by molar-refractivity contribution is 7.18. The Balaban J connectivity index is 1.45. The van der Waals surface area contributed by atoms with Crippen molar-refractivity contribution in [3.63, 3.8) is 0 Å². The highest BCUT2D eigenvalue weighted by Gasteiger charge is 2.23. The molecule has 0 saturated carbocycles. The molecule has 1 aromatic rings. The number of thiophene rings is 1. The summed E-state index contributed by atoms with van der Waals surface area (Å²) in [6.07, 6.45) is 16.7. The van der Waals surface area contributed by atoms with Crippen LogP contribution < -0.4 is 0 Å². The van der Waals surface area contributed by atoms with Crippen LogP contribution in [-0.2, 0) is 0 Å². The number of hydrogen-bond donors (Lipinski definition) is 0. The molecule has 0 aromatic carbocycles. The molecule has 0 N–H and O–H groups in total. The van der Waals surface area contributed by atoms with Crippen molar-refractivity contribution >= 4 is 40.4 Å². The van der Waals surface area contributed by atoms with Crippen LogP contribution in [0.15, 0.2) is 6.07 Å². The summed E-state index contributed by atoms with van der Waals surface area (Å²) < 4.78 is 0.501. The third kappa shape index (κ3) is 9.59. The largest absolute Gasteiger partial charge is 0.335 e. The van der Waals surface area contributed by atoms with E-state index in [0.29, 0.717) is 14.2 Å². The molecule has 1 aliphatic rings. The zero-order valence-electron chi connectivity index (χ0n) is 18.1. The smallest absolute Gasteiger partial charge is 0.264 e. The standard InChI is InChI=1S/C23H38Cl2N2OS/c1-2-3-4-5-6-7-8-9-10-11-12-13-14-26-15-17-27(18-16-26)23(28)21-19-20(24)22(25)29-21/h19H,2-18H2,1H3. The van der Waals surface area contributed by atoms with Gasteiger partial charge in [0.25, 0.3) is 5.91 Å². The number of piperazine rings is 1. The summed E-state index contributed by atoms with van der Waals surface area (Å²) in [6, 6.07) is 1.69. The van der Waals surface area contributed by atoms with Crippen LogP contribution in [-0.4, -0.2) is 48.4 Å². The topological polar surface area (TPSA) is 23.6 Å². The van der Waals surface area contributed by atoms with E-state index in [-0.39, 0.29) is 5.91 Å². The van der Waals surface area contributed by atoms with Crippen molar-refractivity contribution in [2.45, 2.75) is 84.0 Å². The van der Waals surface area contributed by atoms with E-state index in [1.807, 2.05) is 4.90 Å². The van der Waals surface area contributed by atoms with Crippen molar-refractivity contribution in [2.75, 3.05) is 32.7 Å². The predicted molar refractivity (Wildman–Crippen MR) is 128 cm³/mol. The molecular formula is C23H38Cl2N2OS. The Hall–Kier alpha value is -0.290. The van der Waals surface area contributed by atoms with Crippen LogP contribution in [0.25, 0.3) is 0 Å².